The Hall–Kier alpha value is -1.72. The number of rotatable bonds is 6. The molecule has 0 amide bonds. The summed E-state index contributed by atoms with van der Waals surface area (Å²) in [5.74, 6) is -0.810. The van der Waals surface area contributed by atoms with Crippen LogP contribution in [-0.2, 0) is 16.8 Å². The van der Waals surface area contributed by atoms with Crippen molar-refractivity contribution in [2.45, 2.75) is 25.8 Å². The molecule has 0 saturated carbocycles. The maximum atomic E-state index is 11.8. The first-order chi connectivity index (χ1) is 9.91. The minimum atomic E-state index is -0.929. The second kappa shape index (κ2) is 6.37. The van der Waals surface area contributed by atoms with Gasteiger partial charge in [0.1, 0.15) is 5.41 Å². The van der Waals surface area contributed by atoms with Crippen molar-refractivity contribution in [3.63, 3.8) is 0 Å². The lowest BCUT2D eigenvalue weighted by Crippen LogP contribution is -2.43. The first-order valence-corrected chi connectivity index (χ1v) is 7.68. The summed E-state index contributed by atoms with van der Waals surface area (Å²) in [6, 6.07) is 9.39. The SMILES string of the molecule is Cc1nc(CN(C)CC(C)(C(=O)O)c2ccccc2)cs1. The monoisotopic (exact) mass is 304 g/mol. The highest BCUT2D eigenvalue weighted by atomic mass is 32.1. The van der Waals surface area contributed by atoms with Gasteiger partial charge in [0.05, 0.1) is 10.7 Å². The first-order valence-electron chi connectivity index (χ1n) is 6.80. The molecule has 1 aromatic heterocycles. The minimum absolute atomic E-state index is 0.433. The van der Waals surface area contributed by atoms with E-state index in [2.05, 4.69) is 4.98 Å². The van der Waals surface area contributed by atoms with Crippen molar-refractivity contribution in [1.82, 2.24) is 9.88 Å². The Morgan fingerprint density at radius 2 is 2.05 bits per heavy atom. The molecule has 0 spiro atoms. The molecule has 21 heavy (non-hydrogen) atoms. The Morgan fingerprint density at radius 1 is 1.38 bits per heavy atom. The summed E-state index contributed by atoms with van der Waals surface area (Å²) in [4.78, 5) is 18.2. The lowest BCUT2D eigenvalue weighted by Gasteiger charge is -2.30. The summed E-state index contributed by atoms with van der Waals surface area (Å²) in [6.07, 6.45) is 0. The van der Waals surface area contributed by atoms with Gasteiger partial charge in [-0.15, -0.1) is 11.3 Å². The number of hydrogen-bond acceptors (Lipinski definition) is 4. The van der Waals surface area contributed by atoms with Crippen molar-refractivity contribution < 1.29 is 9.90 Å². The molecule has 0 bridgehead atoms. The summed E-state index contributed by atoms with van der Waals surface area (Å²) in [5, 5.41) is 12.7. The van der Waals surface area contributed by atoms with Crippen molar-refractivity contribution in [1.29, 1.82) is 0 Å². The van der Waals surface area contributed by atoms with E-state index in [0.717, 1.165) is 16.3 Å². The Bertz CT molecular complexity index is 612. The maximum absolute atomic E-state index is 11.8. The van der Waals surface area contributed by atoms with Crippen LogP contribution in [0.3, 0.4) is 0 Å². The molecular weight excluding hydrogens is 284 g/mol. The van der Waals surface area contributed by atoms with E-state index < -0.39 is 11.4 Å². The second-order valence-electron chi connectivity index (χ2n) is 5.53. The second-order valence-corrected chi connectivity index (χ2v) is 6.60. The van der Waals surface area contributed by atoms with Gasteiger partial charge in [-0.05, 0) is 26.5 Å². The molecular formula is C16H20N2O2S. The predicted octanol–water partition coefficient (Wildman–Crippen LogP) is 2.93. The van der Waals surface area contributed by atoms with Crippen LogP contribution in [0.1, 0.15) is 23.2 Å². The van der Waals surface area contributed by atoms with E-state index in [4.69, 9.17) is 0 Å². The van der Waals surface area contributed by atoms with E-state index >= 15 is 0 Å². The highest BCUT2D eigenvalue weighted by molar-refractivity contribution is 7.09. The zero-order chi connectivity index (χ0) is 15.5. The van der Waals surface area contributed by atoms with Gasteiger partial charge in [0.15, 0.2) is 0 Å². The van der Waals surface area contributed by atoms with E-state index in [9.17, 15) is 9.90 Å². The minimum Gasteiger partial charge on any atom is -0.481 e. The summed E-state index contributed by atoms with van der Waals surface area (Å²) in [5.41, 5.74) is 0.876. The largest absolute Gasteiger partial charge is 0.481 e. The normalized spacial score (nSPS) is 14.1. The fourth-order valence-corrected chi connectivity index (χ4v) is 3.05. The van der Waals surface area contributed by atoms with Crippen molar-refractivity contribution in [2.75, 3.05) is 13.6 Å². The van der Waals surface area contributed by atoms with Gasteiger partial charge < -0.3 is 5.11 Å². The van der Waals surface area contributed by atoms with Crippen molar-refractivity contribution in [3.05, 3.63) is 52.0 Å². The number of nitrogens with zero attached hydrogens (tertiary/aromatic N) is 2. The number of benzene rings is 1. The maximum Gasteiger partial charge on any atom is 0.315 e. The van der Waals surface area contributed by atoms with E-state index in [-0.39, 0.29) is 0 Å². The summed E-state index contributed by atoms with van der Waals surface area (Å²) in [6.45, 7) is 4.83. The number of carboxylic acid groups (broad SMARTS) is 1. The topological polar surface area (TPSA) is 53.4 Å². The molecule has 0 aliphatic rings. The third-order valence-electron chi connectivity index (χ3n) is 3.57. The van der Waals surface area contributed by atoms with Gasteiger partial charge >= 0.3 is 5.97 Å². The van der Waals surface area contributed by atoms with Gasteiger partial charge in [-0.1, -0.05) is 30.3 Å². The smallest absolute Gasteiger partial charge is 0.315 e. The van der Waals surface area contributed by atoms with Crippen LogP contribution >= 0.6 is 11.3 Å². The Morgan fingerprint density at radius 3 is 2.57 bits per heavy atom. The van der Waals surface area contributed by atoms with E-state index in [1.807, 2.05) is 54.6 Å². The molecule has 2 aromatic rings. The number of hydrogen-bond donors (Lipinski definition) is 1. The summed E-state index contributed by atoms with van der Waals surface area (Å²) < 4.78 is 0. The van der Waals surface area contributed by atoms with Crippen LogP contribution < -0.4 is 0 Å². The van der Waals surface area contributed by atoms with Crippen LogP contribution in [0.25, 0.3) is 0 Å². The van der Waals surface area contributed by atoms with Gasteiger partial charge in [0.2, 0.25) is 0 Å². The molecule has 0 aliphatic heterocycles. The molecule has 0 fully saturated rings. The fraction of sp³-hybridized carbons (Fsp3) is 0.375. The van der Waals surface area contributed by atoms with Gasteiger partial charge in [-0.2, -0.15) is 0 Å². The van der Waals surface area contributed by atoms with E-state index in [1.165, 1.54) is 0 Å². The number of likely N-dealkylation sites (N-methyl/N-ethyl adjacent to an activating group) is 1. The Balaban J connectivity index is 2.14. The zero-order valence-electron chi connectivity index (χ0n) is 12.5. The highest BCUT2D eigenvalue weighted by Gasteiger charge is 2.36. The molecule has 1 heterocycles. The molecule has 5 heteroatoms. The van der Waals surface area contributed by atoms with Crippen molar-refractivity contribution in [2.24, 2.45) is 0 Å². The molecule has 1 atom stereocenters. The first kappa shape index (κ1) is 15.7. The fourth-order valence-electron chi connectivity index (χ4n) is 2.44. The molecule has 2 rings (SSSR count). The third kappa shape index (κ3) is 3.68. The molecule has 1 N–H and O–H groups in total. The van der Waals surface area contributed by atoms with Crippen LogP contribution in [-0.4, -0.2) is 34.6 Å². The quantitative estimate of drug-likeness (QED) is 0.891. The number of aliphatic carboxylic acids is 1. The Labute approximate surface area is 129 Å². The molecule has 0 saturated heterocycles. The molecule has 1 unspecified atom stereocenters. The van der Waals surface area contributed by atoms with Crippen LogP contribution in [0.5, 0.6) is 0 Å². The van der Waals surface area contributed by atoms with Gasteiger partial charge in [0, 0.05) is 18.5 Å². The number of aryl methyl sites for hydroxylation is 1. The van der Waals surface area contributed by atoms with Gasteiger partial charge in [0.25, 0.3) is 0 Å². The molecule has 0 radical (unpaired) electrons. The van der Waals surface area contributed by atoms with Crippen LogP contribution in [0.4, 0.5) is 0 Å². The summed E-state index contributed by atoms with van der Waals surface area (Å²) in [7, 11) is 1.93. The number of carboxylic acids is 1. The van der Waals surface area contributed by atoms with Gasteiger partial charge in [-0.3, -0.25) is 9.69 Å². The molecule has 112 valence electrons. The van der Waals surface area contributed by atoms with Crippen LogP contribution in [0.2, 0.25) is 0 Å². The van der Waals surface area contributed by atoms with E-state index in [0.29, 0.717) is 13.1 Å². The lowest BCUT2D eigenvalue weighted by molar-refractivity contribution is -0.144. The van der Waals surface area contributed by atoms with Crippen molar-refractivity contribution >= 4 is 17.3 Å². The average Bonchev–Trinajstić information content (AvgIpc) is 2.84. The zero-order valence-corrected chi connectivity index (χ0v) is 13.4. The van der Waals surface area contributed by atoms with Crippen molar-refractivity contribution in [3.8, 4) is 0 Å². The number of thiazole rings is 1. The van der Waals surface area contributed by atoms with Crippen LogP contribution in [0.15, 0.2) is 35.7 Å². The Kier molecular flexibility index (Phi) is 4.75. The molecule has 0 aliphatic carbocycles. The summed E-state index contributed by atoms with van der Waals surface area (Å²) >= 11 is 1.61. The highest BCUT2D eigenvalue weighted by Crippen LogP contribution is 2.25. The number of aromatic nitrogens is 1. The van der Waals surface area contributed by atoms with E-state index in [1.54, 1.807) is 18.3 Å². The lowest BCUT2D eigenvalue weighted by atomic mass is 9.82. The third-order valence-corrected chi connectivity index (χ3v) is 4.39. The predicted molar refractivity (Wildman–Crippen MR) is 84.6 cm³/mol. The van der Waals surface area contributed by atoms with Crippen LogP contribution in [0, 0.1) is 6.92 Å². The molecule has 1 aromatic carbocycles. The number of carbonyl (C=O) groups is 1. The van der Waals surface area contributed by atoms with Gasteiger partial charge in [-0.25, -0.2) is 4.98 Å². The molecule has 4 nitrogen and oxygen atoms in total. The average molecular weight is 304 g/mol. The standard InChI is InChI=1S/C16H20N2O2S/c1-12-17-14(10-21-12)9-18(3)11-16(2,15(19)20)13-7-5-4-6-8-13/h4-8,10H,9,11H2,1-3H3,(H,19,20).